The van der Waals surface area contributed by atoms with Gasteiger partial charge in [-0.15, -0.1) is 0 Å². The van der Waals surface area contributed by atoms with Gasteiger partial charge in [0, 0.05) is 20.2 Å². The molecule has 1 rings (SSSR count). The van der Waals surface area contributed by atoms with Crippen LogP contribution in [0.4, 0.5) is 24.8 Å². The van der Waals surface area contributed by atoms with Gasteiger partial charge in [0.1, 0.15) is 11.6 Å². The lowest BCUT2D eigenvalue weighted by molar-refractivity contribution is -0.144. The third-order valence-electron chi connectivity index (χ3n) is 2.21. The molecule has 0 unspecified atom stereocenters. The SMILES string of the molecule is CNc1cc(NC(C)(C)COC)nc(C(F)(F)F)n1. The van der Waals surface area contributed by atoms with Crippen LogP contribution in [0.1, 0.15) is 19.7 Å². The van der Waals surface area contributed by atoms with Crippen LogP contribution in [0, 0.1) is 0 Å². The smallest absolute Gasteiger partial charge is 0.382 e. The number of ether oxygens (including phenoxy) is 1. The molecule has 0 atom stereocenters. The van der Waals surface area contributed by atoms with E-state index < -0.39 is 17.5 Å². The highest BCUT2D eigenvalue weighted by Gasteiger charge is 2.35. The lowest BCUT2D eigenvalue weighted by Gasteiger charge is -2.26. The van der Waals surface area contributed by atoms with Gasteiger partial charge >= 0.3 is 6.18 Å². The minimum atomic E-state index is -4.59. The van der Waals surface area contributed by atoms with E-state index in [2.05, 4.69) is 20.6 Å². The Labute approximate surface area is 109 Å². The van der Waals surface area contributed by atoms with Crippen molar-refractivity contribution in [1.29, 1.82) is 0 Å². The predicted octanol–water partition coefficient (Wildman–Crippen LogP) is 2.37. The summed E-state index contributed by atoms with van der Waals surface area (Å²) in [5, 5.41) is 5.47. The summed E-state index contributed by atoms with van der Waals surface area (Å²) in [5.41, 5.74) is -0.545. The van der Waals surface area contributed by atoms with E-state index in [4.69, 9.17) is 4.74 Å². The second kappa shape index (κ2) is 5.60. The number of nitrogens with zero attached hydrogens (tertiary/aromatic N) is 2. The summed E-state index contributed by atoms with van der Waals surface area (Å²) >= 11 is 0. The third-order valence-corrected chi connectivity index (χ3v) is 2.21. The third kappa shape index (κ3) is 4.55. The van der Waals surface area contributed by atoms with E-state index in [0.717, 1.165) is 0 Å². The number of nitrogens with one attached hydrogen (secondary N) is 2. The van der Waals surface area contributed by atoms with Crippen molar-refractivity contribution in [3.8, 4) is 0 Å². The zero-order chi connectivity index (χ0) is 14.7. The van der Waals surface area contributed by atoms with Gasteiger partial charge in [-0.25, -0.2) is 9.97 Å². The molecule has 19 heavy (non-hydrogen) atoms. The first-order valence-corrected chi connectivity index (χ1v) is 5.59. The van der Waals surface area contributed by atoms with Gasteiger partial charge in [-0.1, -0.05) is 0 Å². The number of alkyl halides is 3. The highest BCUT2D eigenvalue weighted by molar-refractivity contribution is 5.48. The number of anilines is 2. The Balaban J connectivity index is 3.07. The van der Waals surface area contributed by atoms with E-state index in [1.165, 1.54) is 20.2 Å². The maximum atomic E-state index is 12.7. The van der Waals surface area contributed by atoms with Crippen LogP contribution < -0.4 is 10.6 Å². The van der Waals surface area contributed by atoms with Crippen LogP contribution in [0.5, 0.6) is 0 Å². The Morgan fingerprint density at radius 1 is 1.21 bits per heavy atom. The molecule has 1 aromatic rings. The molecule has 8 heteroatoms. The zero-order valence-electron chi connectivity index (χ0n) is 11.2. The number of halogens is 3. The number of aromatic nitrogens is 2. The second-order valence-corrected chi connectivity index (χ2v) is 4.65. The van der Waals surface area contributed by atoms with Crippen LogP contribution in [0.15, 0.2) is 6.07 Å². The summed E-state index contributed by atoms with van der Waals surface area (Å²) in [6.07, 6.45) is -4.59. The highest BCUT2D eigenvalue weighted by Crippen LogP contribution is 2.28. The first-order valence-electron chi connectivity index (χ1n) is 5.59. The number of hydrogen-bond donors (Lipinski definition) is 2. The van der Waals surface area contributed by atoms with Crippen molar-refractivity contribution in [2.75, 3.05) is 31.4 Å². The molecular formula is C11H17F3N4O. The normalized spacial score (nSPS) is 12.4. The molecule has 0 aliphatic heterocycles. The van der Waals surface area contributed by atoms with E-state index in [1.807, 2.05) is 0 Å². The summed E-state index contributed by atoms with van der Waals surface area (Å²) in [5.74, 6) is -0.998. The van der Waals surface area contributed by atoms with Crippen LogP contribution in [-0.4, -0.2) is 36.3 Å². The molecule has 1 aromatic heterocycles. The maximum Gasteiger partial charge on any atom is 0.451 e. The van der Waals surface area contributed by atoms with Gasteiger partial charge < -0.3 is 15.4 Å². The van der Waals surface area contributed by atoms with Crippen molar-refractivity contribution in [3.05, 3.63) is 11.9 Å². The fourth-order valence-electron chi connectivity index (χ4n) is 1.51. The molecule has 1 heterocycles. The Kier molecular flexibility index (Phi) is 4.56. The first-order chi connectivity index (χ1) is 8.68. The molecule has 0 aliphatic rings. The van der Waals surface area contributed by atoms with E-state index in [9.17, 15) is 13.2 Å². The molecule has 0 spiro atoms. The van der Waals surface area contributed by atoms with Gasteiger partial charge in [0.2, 0.25) is 5.82 Å². The van der Waals surface area contributed by atoms with Gasteiger partial charge in [-0.05, 0) is 13.8 Å². The molecule has 0 amide bonds. The lowest BCUT2D eigenvalue weighted by atomic mass is 10.1. The molecule has 0 saturated heterocycles. The van der Waals surface area contributed by atoms with Crippen LogP contribution in [0.3, 0.4) is 0 Å². The van der Waals surface area contributed by atoms with Gasteiger partial charge in [0.15, 0.2) is 0 Å². The van der Waals surface area contributed by atoms with Gasteiger partial charge in [-0.2, -0.15) is 13.2 Å². The standard InChI is InChI=1S/C11H17F3N4O/c1-10(2,6-19-4)18-8-5-7(15-3)16-9(17-8)11(12,13)14/h5H,6H2,1-4H3,(H2,15,16,17,18). The van der Waals surface area contributed by atoms with Crippen LogP contribution in [0.25, 0.3) is 0 Å². The fraction of sp³-hybridized carbons (Fsp3) is 0.636. The molecule has 0 radical (unpaired) electrons. The van der Waals surface area contributed by atoms with Crippen LogP contribution in [-0.2, 0) is 10.9 Å². The molecule has 0 aromatic carbocycles. The average Bonchev–Trinajstić information content (AvgIpc) is 2.26. The Morgan fingerprint density at radius 2 is 1.79 bits per heavy atom. The van der Waals surface area contributed by atoms with Crippen molar-refractivity contribution in [2.45, 2.75) is 25.6 Å². The highest BCUT2D eigenvalue weighted by atomic mass is 19.4. The minimum absolute atomic E-state index is 0.0914. The number of methoxy groups -OCH3 is 1. The largest absolute Gasteiger partial charge is 0.451 e. The monoisotopic (exact) mass is 278 g/mol. The molecule has 0 saturated carbocycles. The van der Waals surface area contributed by atoms with Crippen LogP contribution in [0.2, 0.25) is 0 Å². The van der Waals surface area contributed by atoms with Crippen molar-refractivity contribution in [1.82, 2.24) is 9.97 Å². The first kappa shape index (κ1) is 15.5. The van der Waals surface area contributed by atoms with Crippen molar-refractivity contribution in [3.63, 3.8) is 0 Å². The van der Waals surface area contributed by atoms with Gasteiger partial charge in [0.25, 0.3) is 0 Å². The van der Waals surface area contributed by atoms with Crippen molar-refractivity contribution in [2.24, 2.45) is 0 Å². The Hall–Kier alpha value is -1.57. The molecular weight excluding hydrogens is 261 g/mol. The summed E-state index contributed by atoms with van der Waals surface area (Å²) in [7, 11) is 3.01. The van der Waals surface area contributed by atoms with Gasteiger partial charge in [-0.3, -0.25) is 0 Å². The Morgan fingerprint density at radius 3 is 2.26 bits per heavy atom. The second-order valence-electron chi connectivity index (χ2n) is 4.65. The quantitative estimate of drug-likeness (QED) is 0.866. The molecule has 108 valence electrons. The molecule has 0 fully saturated rings. The predicted molar refractivity (Wildman–Crippen MR) is 66.2 cm³/mol. The fourth-order valence-corrected chi connectivity index (χ4v) is 1.51. The molecule has 5 nitrogen and oxygen atoms in total. The number of hydrogen-bond acceptors (Lipinski definition) is 5. The lowest BCUT2D eigenvalue weighted by Crippen LogP contribution is -2.36. The summed E-state index contributed by atoms with van der Waals surface area (Å²) in [6.45, 7) is 3.92. The van der Waals surface area contributed by atoms with Crippen molar-refractivity contribution < 1.29 is 17.9 Å². The zero-order valence-corrected chi connectivity index (χ0v) is 11.2. The molecule has 2 N–H and O–H groups in total. The van der Waals surface area contributed by atoms with E-state index >= 15 is 0 Å². The van der Waals surface area contributed by atoms with Gasteiger partial charge in [0.05, 0.1) is 12.1 Å². The van der Waals surface area contributed by atoms with E-state index in [1.54, 1.807) is 13.8 Å². The average molecular weight is 278 g/mol. The summed E-state index contributed by atoms with van der Waals surface area (Å²) in [4.78, 5) is 6.86. The van der Waals surface area contributed by atoms with E-state index in [0.29, 0.717) is 6.61 Å². The van der Waals surface area contributed by atoms with Crippen molar-refractivity contribution >= 4 is 11.6 Å². The Bertz CT molecular complexity index is 434. The van der Waals surface area contributed by atoms with Crippen LogP contribution >= 0.6 is 0 Å². The van der Waals surface area contributed by atoms with E-state index in [-0.39, 0.29) is 11.6 Å². The summed E-state index contributed by atoms with van der Waals surface area (Å²) in [6, 6.07) is 1.41. The molecule has 0 bridgehead atoms. The molecule has 0 aliphatic carbocycles. The maximum absolute atomic E-state index is 12.7. The minimum Gasteiger partial charge on any atom is -0.382 e. The summed E-state index contributed by atoms with van der Waals surface area (Å²) < 4.78 is 43.0. The topological polar surface area (TPSA) is 59.1 Å². The number of rotatable bonds is 5.